The number of carbonyl (C=O) groups is 2. The lowest BCUT2D eigenvalue weighted by atomic mass is 9.95. The fraction of sp³-hybridized carbons (Fsp3) is 0.400. The maximum atomic E-state index is 12.7. The Hall–Kier alpha value is -1.76. The molecule has 28 heavy (non-hydrogen) atoms. The summed E-state index contributed by atoms with van der Waals surface area (Å²) in [5.74, 6) is -0.397. The molecule has 0 bridgehead atoms. The predicted molar refractivity (Wildman–Crippen MR) is 112 cm³/mol. The molecule has 1 amide bonds. The highest BCUT2D eigenvalue weighted by Crippen LogP contribution is 2.39. The van der Waals surface area contributed by atoms with E-state index in [1.165, 1.54) is 11.3 Å². The van der Waals surface area contributed by atoms with E-state index in [9.17, 15) is 9.59 Å². The summed E-state index contributed by atoms with van der Waals surface area (Å²) in [7, 11) is 0. The van der Waals surface area contributed by atoms with Gasteiger partial charge >= 0.3 is 5.97 Å². The van der Waals surface area contributed by atoms with Crippen molar-refractivity contribution in [1.29, 1.82) is 0 Å². The summed E-state index contributed by atoms with van der Waals surface area (Å²) in [5, 5.41) is 4.17. The molecule has 0 radical (unpaired) electrons. The van der Waals surface area contributed by atoms with Crippen LogP contribution < -0.4 is 10.1 Å². The van der Waals surface area contributed by atoms with Gasteiger partial charge in [0.2, 0.25) is 0 Å². The third-order valence-electron chi connectivity index (χ3n) is 4.45. The molecule has 2 aromatic rings. The van der Waals surface area contributed by atoms with Gasteiger partial charge in [-0.15, -0.1) is 11.3 Å². The van der Waals surface area contributed by atoms with Crippen LogP contribution >= 0.6 is 34.5 Å². The van der Waals surface area contributed by atoms with Gasteiger partial charge < -0.3 is 14.8 Å². The molecular formula is C20H21Cl2NO4S. The number of nitrogens with one attached hydrogen (secondary N) is 1. The van der Waals surface area contributed by atoms with E-state index in [1.54, 1.807) is 32.0 Å². The number of aryl methyl sites for hydroxylation is 1. The summed E-state index contributed by atoms with van der Waals surface area (Å²) in [6.07, 6.45) is 3.03. The second kappa shape index (κ2) is 9.16. The van der Waals surface area contributed by atoms with Crippen LogP contribution in [0.15, 0.2) is 18.2 Å². The van der Waals surface area contributed by atoms with Gasteiger partial charge in [-0.05, 0) is 63.3 Å². The largest absolute Gasteiger partial charge is 0.479 e. The summed E-state index contributed by atoms with van der Waals surface area (Å²) in [6, 6.07) is 4.80. The van der Waals surface area contributed by atoms with Crippen molar-refractivity contribution in [1.82, 2.24) is 0 Å². The van der Waals surface area contributed by atoms with Gasteiger partial charge in [-0.2, -0.15) is 0 Å². The second-order valence-electron chi connectivity index (χ2n) is 6.46. The fourth-order valence-electron chi connectivity index (χ4n) is 3.10. The van der Waals surface area contributed by atoms with Crippen molar-refractivity contribution in [2.45, 2.75) is 45.6 Å². The highest BCUT2D eigenvalue weighted by Gasteiger charge is 2.28. The molecule has 8 heteroatoms. The minimum Gasteiger partial charge on any atom is -0.479 e. The predicted octanol–water partition coefficient (Wildman–Crippen LogP) is 5.52. The van der Waals surface area contributed by atoms with E-state index in [-0.39, 0.29) is 12.5 Å². The molecule has 1 aliphatic rings. The number of thiophene rings is 1. The molecule has 5 nitrogen and oxygen atoms in total. The Labute approximate surface area is 177 Å². The monoisotopic (exact) mass is 441 g/mol. The highest BCUT2D eigenvalue weighted by molar-refractivity contribution is 7.17. The first-order valence-corrected chi connectivity index (χ1v) is 10.7. The van der Waals surface area contributed by atoms with Gasteiger partial charge in [0, 0.05) is 9.90 Å². The first-order chi connectivity index (χ1) is 13.4. The van der Waals surface area contributed by atoms with Gasteiger partial charge in [-0.1, -0.05) is 23.2 Å². The van der Waals surface area contributed by atoms with Crippen LogP contribution in [0.5, 0.6) is 5.75 Å². The number of amides is 1. The number of benzene rings is 1. The number of esters is 1. The molecule has 1 aromatic heterocycles. The number of ether oxygens (including phenoxy) is 2. The number of hydrogen-bond acceptors (Lipinski definition) is 5. The second-order valence-corrected chi connectivity index (χ2v) is 8.41. The normalized spacial score (nSPS) is 14.1. The summed E-state index contributed by atoms with van der Waals surface area (Å²) >= 11 is 13.4. The summed E-state index contributed by atoms with van der Waals surface area (Å²) < 4.78 is 10.9. The van der Waals surface area contributed by atoms with Crippen molar-refractivity contribution >= 4 is 51.4 Å². The topological polar surface area (TPSA) is 64.6 Å². The number of hydrogen-bond donors (Lipinski definition) is 1. The Kier molecular flexibility index (Phi) is 6.86. The van der Waals surface area contributed by atoms with Crippen molar-refractivity contribution in [3.63, 3.8) is 0 Å². The highest BCUT2D eigenvalue weighted by atomic mass is 35.5. The molecule has 0 unspecified atom stereocenters. The number of halogens is 2. The van der Waals surface area contributed by atoms with E-state index < -0.39 is 12.1 Å². The van der Waals surface area contributed by atoms with Crippen molar-refractivity contribution < 1.29 is 19.1 Å². The van der Waals surface area contributed by atoms with Crippen LogP contribution in [0.3, 0.4) is 0 Å². The third kappa shape index (κ3) is 4.62. The molecule has 1 N–H and O–H groups in total. The molecule has 1 aliphatic carbocycles. The van der Waals surface area contributed by atoms with Crippen LogP contribution in [0, 0.1) is 0 Å². The molecule has 3 rings (SSSR count). The van der Waals surface area contributed by atoms with Gasteiger partial charge in [0.15, 0.2) is 6.10 Å². The Morgan fingerprint density at radius 3 is 2.71 bits per heavy atom. The Morgan fingerprint density at radius 1 is 1.25 bits per heavy atom. The van der Waals surface area contributed by atoms with Crippen molar-refractivity contribution in [2.24, 2.45) is 0 Å². The molecule has 1 heterocycles. The van der Waals surface area contributed by atoms with Crippen LogP contribution in [0.2, 0.25) is 10.0 Å². The average molecular weight is 442 g/mol. The SMILES string of the molecule is CCOC(=O)c1c(NC(=O)[C@@H](C)Oc2ccc(Cl)cc2Cl)sc2c1CCCC2. The summed E-state index contributed by atoms with van der Waals surface area (Å²) in [6.45, 7) is 3.67. The number of rotatable bonds is 6. The smallest absolute Gasteiger partial charge is 0.341 e. The minimum absolute atomic E-state index is 0.283. The molecule has 1 atom stereocenters. The van der Waals surface area contributed by atoms with E-state index in [4.69, 9.17) is 32.7 Å². The van der Waals surface area contributed by atoms with Crippen LogP contribution in [-0.2, 0) is 22.4 Å². The zero-order valence-corrected chi connectivity index (χ0v) is 18.0. The van der Waals surface area contributed by atoms with Crippen LogP contribution in [0.25, 0.3) is 0 Å². The Balaban J connectivity index is 1.79. The Bertz CT molecular complexity index is 897. The molecule has 0 fully saturated rings. The molecule has 1 aromatic carbocycles. The fourth-order valence-corrected chi connectivity index (χ4v) is 4.83. The molecule has 0 spiro atoms. The molecular weight excluding hydrogens is 421 g/mol. The first-order valence-electron chi connectivity index (χ1n) is 9.15. The van der Waals surface area contributed by atoms with E-state index in [0.29, 0.717) is 26.4 Å². The van der Waals surface area contributed by atoms with Crippen LogP contribution in [-0.4, -0.2) is 24.6 Å². The Morgan fingerprint density at radius 2 is 2.00 bits per heavy atom. The van der Waals surface area contributed by atoms with E-state index in [0.717, 1.165) is 36.1 Å². The van der Waals surface area contributed by atoms with Crippen molar-refractivity contribution in [3.8, 4) is 5.75 Å². The van der Waals surface area contributed by atoms with Crippen molar-refractivity contribution in [2.75, 3.05) is 11.9 Å². The van der Waals surface area contributed by atoms with Crippen LogP contribution in [0.1, 0.15) is 47.5 Å². The zero-order chi connectivity index (χ0) is 20.3. The summed E-state index contributed by atoms with van der Waals surface area (Å²) in [5.41, 5.74) is 1.48. The average Bonchev–Trinajstić information content (AvgIpc) is 3.02. The number of fused-ring (bicyclic) bond motifs is 1. The number of carbonyl (C=O) groups excluding carboxylic acids is 2. The lowest BCUT2D eigenvalue weighted by molar-refractivity contribution is -0.122. The van der Waals surface area contributed by atoms with E-state index in [1.807, 2.05) is 0 Å². The van der Waals surface area contributed by atoms with E-state index >= 15 is 0 Å². The minimum atomic E-state index is -0.812. The van der Waals surface area contributed by atoms with Gasteiger partial charge in [-0.3, -0.25) is 4.79 Å². The molecule has 0 aliphatic heterocycles. The lowest BCUT2D eigenvalue weighted by Gasteiger charge is -2.16. The molecule has 0 saturated carbocycles. The van der Waals surface area contributed by atoms with Gasteiger partial charge in [0.1, 0.15) is 10.8 Å². The summed E-state index contributed by atoms with van der Waals surface area (Å²) in [4.78, 5) is 26.3. The first kappa shape index (κ1) is 21.0. The molecule has 150 valence electrons. The van der Waals surface area contributed by atoms with Gasteiger partial charge in [0.25, 0.3) is 5.91 Å². The van der Waals surface area contributed by atoms with Gasteiger partial charge in [0.05, 0.1) is 17.2 Å². The quantitative estimate of drug-likeness (QED) is 0.599. The van der Waals surface area contributed by atoms with E-state index in [2.05, 4.69) is 5.32 Å². The molecule has 0 saturated heterocycles. The maximum Gasteiger partial charge on any atom is 0.341 e. The lowest BCUT2D eigenvalue weighted by Crippen LogP contribution is -2.30. The maximum absolute atomic E-state index is 12.7. The zero-order valence-electron chi connectivity index (χ0n) is 15.6. The third-order valence-corrected chi connectivity index (χ3v) is 6.19. The van der Waals surface area contributed by atoms with Crippen molar-refractivity contribution in [3.05, 3.63) is 44.2 Å². The number of anilines is 1. The van der Waals surface area contributed by atoms with Crippen LogP contribution in [0.4, 0.5) is 5.00 Å². The standard InChI is InChI=1S/C20H21Cl2NO4S/c1-3-26-20(25)17-13-6-4-5-7-16(13)28-19(17)23-18(24)11(2)27-15-9-8-12(21)10-14(15)22/h8-11H,3-7H2,1-2H3,(H,23,24)/t11-/m1/s1. The van der Waals surface area contributed by atoms with Gasteiger partial charge in [-0.25, -0.2) is 4.79 Å².